The van der Waals surface area contributed by atoms with Crippen LogP contribution in [0.15, 0.2) is 43.9 Å². The highest BCUT2D eigenvalue weighted by molar-refractivity contribution is 8.79. The molecule has 2 heterocycles. The largest absolute Gasteiger partial charge is 0.478 e. The van der Waals surface area contributed by atoms with Gasteiger partial charge in [0.15, 0.2) is 0 Å². The van der Waals surface area contributed by atoms with Gasteiger partial charge in [0.05, 0.1) is 11.1 Å². The molecule has 2 aliphatic rings. The van der Waals surface area contributed by atoms with Gasteiger partial charge in [-0.3, -0.25) is 0 Å². The van der Waals surface area contributed by atoms with Crippen LogP contribution in [0, 0.1) is 0 Å². The van der Waals surface area contributed by atoms with Crippen LogP contribution in [0.3, 0.4) is 0 Å². The van der Waals surface area contributed by atoms with E-state index in [0.717, 1.165) is 43.2 Å². The Labute approximate surface area is 145 Å². The topological polar surface area (TPSA) is 118 Å². The molecular weight excluding hydrogens is 384 g/mol. The zero-order chi connectivity index (χ0) is 17.0. The molecule has 0 unspecified atom stereocenters. The Morgan fingerprint density at radius 1 is 0.783 bits per heavy atom. The third-order valence-corrected chi connectivity index (χ3v) is 6.39. The molecular formula is C12H6O7S4. The zero-order valence-electron chi connectivity index (χ0n) is 10.9. The lowest BCUT2D eigenvalue weighted by Crippen LogP contribution is -2.19. The van der Waals surface area contributed by atoms with Crippen LogP contribution < -0.4 is 0 Å². The minimum atomic E-state index is -1.33. The molecule has 0 amide bonds. The van der Waals surface area contributed by atoms with Crippen LogP contribution in [0.25, 0.3) is 0 Å². The van der Waals surface area contributed by atoms with Crippen LogP contribution in [-0.2, 0) is 23.9 Å². The molecule has 0 spiro atoms. The second kappa shape index (κ2) is 7.81. The second-order valence-electron chi connectivity index (χ2n) is 3.74. The first-order chi connectivity index (χ1) is 10.9. The summed E-state index contributed by atoms with van der Waals surface area (Å²) in [6.45, 7) is 0. The minimum Gasteiger partial charge on any atom is -0.478 e. The number of rotatable bonds is 4. The molecule has 0 atom stereocenters. The summed E-state index contributed by atoms with van der Waals surface area (Å²) in [4.78, 5) is 45.7. The molecule has 120 valence electrons. The third kappa shape index (κ3) is 4.25. The highest BCUT2D eigenvalue weighted by atomic mass is 33.1. The lowest BCUT2D eigenvalue weighted by atomic mass is 10.2. The minimum absolute atomic E-state index is 0.236. The van der Waals surface area contributed by atoms with E-state index >= 15 is 0 Å². The summed E-state index contributed by atoms with van der Waals surface area (Å²) in [5, 5.41) is 21.0. The van der Waals surface area contributed by atoms with E-state index in [9.17, 15) is 19.2 Å². The van der Waals surface area contributed by atoms with Crippen molar-refractivity contribution in [1.29, 1.82) is 0 Å². The summed E-state index contributed by atoms with van der Waals surface area (Å²) in [5.41, 5.74) is -0.575. The van der Waals surface area contributed by atoms with Gasteiger partial charge in [-0.15, -0.1) is 0 Å². The molecule has 0 aromatic carbocycles. The number of carbonyl (C=O) groups is 4. The number of ether oxygens (including phenoxy) is 1. The van der Waals surface area contributed by atoms with Crippen molar-refractivity contribution in [3.05, 3.63) is 43.9 Å². The van der Waals surface area contributed by atoms with Gasteiger partial charge in [-0.2, -0.15) is 0 Å². The quantitative estimate of drug-likeness (QED) is 0.419. The first-order valence-corrected chi connectivity index (χ1v) is 10.1. The van der Waals surface area contributed by atoms with Gasteiger partial charge in [-0.1, -0.05) is 21.6 Å². The monoisotopic (exact) mass is 390 g/mol. The molecule has 0 aromatic rings. The van der Waals surface area contributed by atoms with Gasteiger partial charge < -0.3 is 14.9 Å². The lowest BCUT2D eigenvalue weighted by Gasteiger charge is -2.13. The predicted octanol–water partition coefficient (Wildman–Crippen LogP) is 2.55. The normalized spacial score (nSPS) is 17.2. The van der Waals surface area contributed by atoms with Crippen LogP contribution in [0.1, 0.15) is 0 Å². The molecule has 11 heteroatoms. The highest BCUT2D eigenvalue weighted by Gasteiger charge is 2.29. The Kier molecular flexibility index (Phi) is 6.04. The van der Waals surface area contributed by atoms with Gasteiger partial charge in [0.2, 0.25) is 0 Å². The standard InChI is InChI=1S/C12H6O7S4/c13-9(14)5-1-3-20-22-7(5)11(17)19-12(18)8-6(10(15)16)2-4-21-23-8/h1-4H,(H,13,14)(H,15,16). The molecule has 0 saturated heterocycles. The fourth-order valence-corrected chi connectivity index (χ4v) is 4.97. The maximum absolute atomic E-state index is 12.0. The molecule has 2 N–H and O–H groups in total. The van der Waals surface area contributed by atoms with Crippen LogP contribution in [-0.4, -0.2) is 34.1 Å². The molecule has 0 aromatic heterocycles. The molecule has 7 nitrogen and oxygen atoms in total. The number of carboxylic acid groups (broad SMARTS) is 2. The van der Waals surface area contributed by atoms with Gasteiger partial charge >= 0.3 is 23.9 Å². The molecule has 2 rings (SSSR count). The van der Waals surface area contributed by atoms with Crippen molar-refractivity contribution in [2.75, 3.05) is 0 Å². The Bertz CT molecular complexity index is 657. The number of hydrogen-bond acceptors (Lipinski definition) is 9. The van der Waals surface area contributed by atoms with E-state index in [1.54, 1.807) is 0 Å². The zero-order valence-corrected chi connectivity index (χ0v) is 14.1. The smallest absolute Gasteiger partial charge is 0.354 e. The summed E-state index contributed by atoms with van der Waals surface area (Å²) >= 11 is 0. The number of carbonyl (C=O) groups excluding carboxylic acids is 2. The SMILES string of the molecule is O=C(O)C1=C(C(=O)OC(=O)C2=C(C(=O)O)C=CSS2)SSC=C1. The van der Waals surface area contributed by atoms with E-state index in [4.69, 9.17) is 10.2 Å². The highest BCUT2D eigenvalue weighted by Crippen LogP contribution is 2.41. The Morgan fingerprint density at radius 3 is 1.52 bits per heavy atom. The first-order valence-electron chi connectivity index (χ1n) is 5.63. The van der Waals surface area contributed by atoms with Crippen molar-refractivity contribution >= 4 is 67.1 Å². The Hall–Kier alpha value is -1.56. The molecule has 0 fully saturated rings. The van der Waals surface area contributed by atoms with E-state index in [1.165, 1.54) is 23.0 Å². The lowest BCUT2D eigenvalue weighted by molar-refractivity contribution is -0.153. The van der Waals surface area contributed by atoms with E-state index in [0.29, 0.717) is 0 Å². The number of aliphatic carboxylic acids is 2. The van der Waals surface area contributed by atoms with Crippen molar-refractivity contribution in [1.82, 2.24) is 0 Å². The summed E-state index contributed by atoms with van der Waals surface area (Å²) < 4.78 is 4.63. The average molecular weight is 390 g/mol. The van der Waals surface area contributed by atoms with Gasteiger partial charge in [0, 0.05) is 0 Å². The molecule has 0 bridgehead atoms. The van der Waals surface area contributed by atoms with Crippen LogP contribution in [0.5, 0.6) is 0 Å². The van der Waals surface area contributed by atoms with Crippen molar-refractivity contribution in [3.63, 3.8) is 0 Å². The Balaban J connectivity index is 2.24. The van der Waals surface area contributed by atoms with Gasteiger partial charge in [-0.25, -0.2) is 19.2 Å². The molecule has 23 heavy (non-hydrogen) atoms. The molecule has 0 radical (unpaired) electrons. The summed E-state index contributed by atoms with van der Waals surface area (Å²) in [6.07, 6.45) is 2.45. The maximum atomic E-state index is 12.0. The number of hydrogen-bond donors (Lipinski definition) is 2. The van der Waals surface area contributed by atoms with Crippen molar-refractivity contribution < 1.29 is 34.1 Å². The predicted molar refractivity (Wildman–Crippen MR) is 89.1 cm³/mol. The Morgan fingerprint density at radius 2 is 1.17 bits per heavy atom. The fourth-order valence-electron chi connectivity index (χ4n) is 1.39. The van der Waals surface area contributed by atoms with E-state index in [-0.39, 0.29) is 21.0 Å². The van der Waals surface area contributed by atoms with Crippen molar-refractivity contribution in [2.24, 2.45) is 0 Å². The van der Waals surface area contributed by atoms with E-state index < -0.39 is 23.9 Å². The number of esters is 2. The van der Waals surface area contributed by atoms with Gasteiger partial charge in [0.1, 0.15) is 9.81 Å². The summed E-state index contributed by atoms with van der Waals surface area (Å²) in [7, 11) is 3.89. The second-order valence-corrected chi connectivity index (χ2v) is 7.97. The van der Waals surface area contributed by atoms with E-state index in [2.05, 4.69) is 4.74 Å². The van der Waals surface area contributed by atoms with Crippen molar-refractivity contribution in [2.45, 2.75) is 0 Å². The van der Waals surface area contributed by atoms with E-state index in [1.807, 2.05) is 0 Å². The van der Waals surface area contributed by atoms with Crippen LogP contribution in [0.2, 0.25) is 0 Å². The first kappa shape index (κ1) is 17.8. The van der Waals surface area contributed by atoms with Crippen molar-refractivity contribution in [3.8, 4) is 0 Å². The molecule has 2 aliphatic heterocycles. The summed E-state index contributed by atoms with van der Waals surface area (Å²) in [5.74, 6) is -4.92. The van der Waals surface area contributed by atoms with Gasteiger partial charge in [0.25, 0.3) is 0 Å². The van der Waals surface area contributed by atoms with Crippen LogP contribution in [0.4, 0.5) is 0 Å². The summed E-state index contributed by atoms with van der Waals surface area (Å²) in [6, 6.07) is 0. The van der Waals surface area contributed by atoms with Crippen LogP contribution >= 0.6 is 43.2 Å². The maximum Gasteiger partial charge on any atom is 0.354 e. The third-order valence-electron chi connectivity index (χ3n) is 2.35. The number of carboxylic acids is 2. The fraction of sp³-hybridized carbons (Fsp3) is 0. The molecule has 0 saturated carbocycles. The molecule has 0 aliphatic carbocycles. The average Bonchev–Trinajstić information content (AvgIpc) is 2.54. The van der Waals surface area contributed by atoms with Gasteiger partial charge in [-0.05, 0) is 44.6 Å².